The Balaban J connectivity index is 1.35. The summed E-state index contributed by atoms with van der Waals surface area (Å²) in [6, 6.07) is 15.6. The number of aromatic nitrogens is 3. The summed E-state index contributed by atoms with van der Waals surface area (Å²) in [5, 5.41) is 12.1. The number of thioether (sulfide) groups is 1. The summed E-state index contributed by atoms with van der Waals surface area (Å²) in [7, 11) is 3.67. The lowest BCUT2D eigenvalue weighted by Crippen LogP contribution is -2.47. The van der Waals surface area contributed by atoms with Gasteiger partial charge in [-0.2, -0.15) is 10.4 Å². The Labute approximate surface area is 321 Å². The van der Waals surface area contributed by atoms with Crippen LogP contribution in [0.15, 0.2) is 91.5 Å². The monoisotopic (exact) mass is 775 g/mol. The summed E-state index contributed by atoms with van der Waals surface area (Å²) in [4.78, 5) is 32.5. The Kier molecular flexibility index (Phi) is 14.4. The second-order valence-electron chi connectivity index (χ2n) is 12.9. The molecule has 15 heteroatoms. The average Bonchev–Trinajstić information content (AvgIpc) is 3.68. The van der Waals surface area contributed by atoms with Gasteiger partial charge in [-0.3, -0.25) is 4.79 Å². The highest BCUT2D eigenvalue weighted by atomic mass is 32.2. The van der Waals surface area contributed by atoms with E-state index in [1.54, 1.807) is 49.4 Å². The van der Waals surface area contributed by atoms with Gasteiger partial charge < -0.3 is 23.8 Å². The minimum Gasteiger partial charge on any atom is -0.461 e. The standard InChI is InChI=1S/C40H40F3N5O6S/c1-27(55-32-22-52-38(53-23-32)11-7-5-8-29-13-12-28(20-44)18-35(29)42)40(24-48-26-45-25-46-48,34-15-14-31(41)19-36(34)43)54-39(50)33-10-6-4-9-30(33)21-51-37(49)16-17-47(2)3/h4-15,18-19,25-27,32,38H,16-17,21-24H2,1-3H3/t27-,32-,38-,40-/m1/s1. The van der Waals surface area contributed by atoms with E-state index in [1.165, 1.54) is 53.4 Å². The highest BCUT2D eigenvalue weighted by Gasteiger charge is 2.47. The van der Waals surface area contributed by atoms with Crippen molar-refractivity contribution in [3.63, 3.8) is 0 Å². The molecule has 0 bridgehead atoms. The quantitative estimate of drug-likeness (QED) is 0.0921. The molecule has 11 nitrogen and oxygen atoms in total. The summed E-state index contributed by atoms with van der Waals surface area (Å²) in [6.07, 6.45) is 8.63. The molecule has 4 aromatic rings. The predicted octanol–water partition coefficient (Wildman–Crippen LogP) is 6.45. The van der Waals surface area contributed by atoms with Crippen LogP contribution in [0.5, 0.6) is 0 Å². The molecule has 55 heavy (non-hydrogen) atoms. The third kappa shape index (κ3) is 11.1. The van der Waals surface area contributed by atoms with Gasteiger partial charge in [0.25, 0.3) is 0 Å². The number of esters is 2. The van der Waals surface area contributed by atoms with Crippen molar-refractivity contribution >= 4 is 29.8 Å². The van der Waals surface area contributed by atoms with Gasteiger partial charge in [0.2, 0.25) is 0 Å². The van der Waals surface area contributed by atoms with Gasteiger partial charge in [0, 0.05) is 34.6 Å². The molecule has 0 aliphatic carbocycles. The van der Waals surface area contributed by atoms with Gasteiger partial charge in [-0.15, -0.1) is 11.8 Å². The first-order valence-corrected chi connectivity index (χ1v) is 18.2. The summed E-state index contributed by atoms with van der Waals surface area (Å²) in [5.74, 6) is -3.53. The molecule has 1 aromatic heterocycles. The normalized spacial score (nSPS) is 17.6. The maximum absolute atomic E-state index is 15.9. The topological polar surface area (TPSA) is 129 Å². The van der Waals surface area contributed by atoms with Crippen molar-refractivity contribution in [3.8, 4) is 6.07 Å². The van der Waals surface area contributed by atoms with Crippen molar-refractivity contribution in [2.75, 3.05) is 33.9 Å². The SMILES string of the molecule is C[C@@H](S[C@H]1CO[C@H](C=CC=Cc2ccc(C#N)cc2F)OC1)[C@@](Cn1cncn1)(OC(=O)c1ccccc1COC(=O)CCN(C)C)c1ccc(F)cc1F. The van der Waals surface area contributed by atoms with Gasteiger partial charge in [-0.1, -0.05) is 42.5 Å². The molecule has 0 amide bonds. The first-order chi connectivity index (χ1) is 26.5. The van der Waals surface area contributed by atoms with Gasteiger partial charge in [0.05, 0.1) is 48.6 Å². The summed E-state index contributed by atoms with van der Waals surface area (Å²) in [6.45, 7) is 2.27. The Bertz CT molecular complexity index is 2030. The van der Waals surface area contributed by atoms with E-state index in [1.807, 2.05) is 25.1 Å². The van der Waals surface area contributed by atoms with Crippen LogP contribution in [0.3, 0.4) is 0 Å². The van der Waals surface area contributed by atoms with E-state index in [4.69, 9.17) is 24.2 Å². The number of carbonyl (C=O) groups excluding carboxylic acids is 2. The van der Waals surface area contributed by atoms with Crippen molar-refractivity contribution in [3.05, 3.63) is 137 Å². The molecule has 0 unspecified atom stereocenters. The number of rotatable bonds is 16. The van der Waals surface area contributed by atoms with Crippen LogP contribution in [0.1, 0.15) is 46.0 Å². The molecular formula is C40H40F3N5O6S. The van der Waals surface area contributed by atoms with Crippen molar-refractivity contribution in [1.29, 1.82) is 5.26 Å². The zero-order chi connectivity index (χ0) is 39.4. The first kappa shape index (κ1) is 40.9. The van der Waals surface area contributed by atoms with Crippen molar-refractivity contribution in [2.24, 2.45) is 0 Å². The summed E-state index contributed by atoms with van der Waals surface area (Å²) >= 11 is 1.33. The fraction of sp³-hybridized carbons (Fsp3) is 0.325. The van der Waals surface area contributed by atoms with E-state index in [0.29, 0.717) is 17.7 Å². The zero-order valence-corrected chi connectivity index (χ0v) is 31.3. The maximum Gasteiger partial charge on any atom is 0.339 e. The molecule has 3 aromatic carbocycles. The molecule has 1 aliphatic heterocycles. The highest BCUT2D eigenvalue weighted by Crippen LogP contribution is 2.42. The average molecular weight is 776 g/mol. The molecule has 0 saturated carbocycles. The number of ether oxygens (including phenoxy) is 4. The zero-order valence-electron chi connectivity index (χ0n) is 30.4. The van der Waals surface area contributed by atoms with Crippen molar-refractivity contribution < 1.29 is 41.7 Å². The van der Waals surface area contributed by atoms with Crippen LogP contribution in [0, 0.1) is 28.8 Å². The van der Waals surface area contributed by atoms with Crippen LogP contribution in [0.2, 0.25) is 0 Å². The maximum atomic E-state index is 15.9. The number of halogens is 3. The van der Waals surface area contributed by atoms with Crippen LogP contribution in [0.4, 0.5) is 13.2 Å². The number of carbonyl (C=O) groups is 2. The Morgan fingerprint density at radius 3 is 2.56 bits per heavy atom. The molecule has 2 heterocycles. The van der Waals surface area contributed by atoms with E-state index < -0.39 is 46.5 Å². The van der Waals surface area contributed by atoms with Crippen LogP contribution < -0.4 is 0 Å². The van der Waals surface area contributed by atoms with Crippen molar-refractivity contribution in [2.45, 2.75) is 48.9 Å². The Morgan fingerprint density at radius 2 is 1.87 bits per heavy atom. The lowest BCUT2D eigenvalue weighted by Gasteiger charge is -2.40. The smallest absolute Gasteiger partial charge is 0.339 e. The van der Waals surface area contributed by atoms with Gasteiger partial charge in [0.15, 0.2) is 11.9 Å². The van der Waals surface area contributed by atoms with E-state index >= 15 is 4.39 Å². The van der Waals surface area contributed by atoms with E-state index in [2.05, 4.69) is 10.1 Å². The number of allylic oxidation sites excluding steroid dienone is 2. The van der Waals surface area contributed by atoms with Gasteiger partial charge in [-0.25, -0.2) is 27.6 Å². The molecule has 1 fully saturated rings. The molecule has 1 saturated heterocycles. The third-order valence-electron chi connectivity index (χ3n) is 8.65. The van der Waals surface area contributed by atoms with Crippen LogP contribution in [-0.4, -0.2) is 82.2 Å². The van der Waals surface area contributed by atoms with E-state index in [0.717, 1.165) is 18.2 Å². The predicted molar refractivity (Wildman–Crippen MR) is 199 cm³/mol. The number of hydrogen-bond acceptors (Lipinski definition) is 11. The Hall–Kier alpha value is -5.27. The second-order valence-corrected chi connectivity index (χ2v) is 14.5. The number of benzene rings is 3. The molecule has 5 rings (SSSR count). The van der Waals surface area contributed by atoms with Gasteiger partial charge in [-0.05, 0) is 57.4 Å². The van der Waals surface area contributed by atoms with Crippen LogP contribution in [-0.2, 0) is 42.5 Å². The molecule has 0 radical (unpaired) electrons. The Morgan fingerprint density at radius 1 is 1.09 bits per heavy atom. The fourth-order valence-electron chi connectivity index (χ4n) is 5.74. The highest BCUT2D eigenvalue weighted by molar-refractivity contribution is 8.00. The molecule has 2 atom stereocenters. The first-order valence-electron chi connectivity index (χ1n) is 17.3. The van der Waals surface area contributed by atoms with Crippen molar-refractivity contribution in [1.82, 2.24) is 19.7 Å². The lowest BCUT2D eigenvalue weighted by atomic mass is 9.89. The third-order valence-corrected chi connectivity index (χ3v) is 10.1. The van der Waals surface area contributed by atoms with Crippen LogP contribution in [0.25, 0.3) is 6.08 Å². The van der Waals surface area contributed by atoms with Gasteiger partial charge >= 0.3 is 11.9 Å². The molecule has 1 aliphatic rings. The molecule has 288 valence electrons. The fourth-order valence-corrected chi connectivity index (χ4v) is 7.10. The largest absolute Gasteiger partial charge is 0.461 e. The summed E-state index contributed by atoms with van der Waals surface area (Å²) in [5.41, 5.74) is -0.857. The minimum atomic E-state index is -1.79. The molecule has 0 spiro atoms. The minimum absolute atomic E-state index is 0.0886. The van der Waals surface area contributed by atoms with Gasteiger partial charge in [0.1, 0.15) is 36.7 Å². The number of nitrogens with zero attached hydrogens (tertiary/aromatic N) is 5. The molecule has 0 N–H and O–H groups in total. The number of nitriles is 1. The van der Waals surface area contributed by atoms with E-state index in [-0.39, 0.29) is 54.7 Å². The lowest BCUT2D eigenvalue weighted by molar-refractivity contribution is -0.146. The van der Waals surface area contributed by atoms with E-state index in [9.17, 15) is 18.4 Å². The second kappa shape index (κ2) is 19.4. The number of hydrogen-bond donors (Lipinski definition) is 0. The summed E-state index contributed by atoms with van der Waals surface area (Å²) < 4.78 is 69.5. The molecular weight excluding hydrogens is 736 g/mol. The van der Waals surface area contributed by atoms with Crippen LogP contribution >= 0.6 is 11.8 Å².